The predicted molar refractivity (Wildman–Crippen MR) is 169 cm³/mol. The van der Waals surface area contributed by atoms with Crippen molar-refractivity contribution in [1.29, 1.82) is 0 Å². The molecule has 2 aliphatic heterocycles. The highest BCUT2D eigenvalue weighted by Crippen LogP contribution is 2.50. The summed E-state index contributed by atoms with van der Waals surface area (Å²) < 4.78 is 2.39. The van der Waals surface area contributed by atoms with Crippen LogP contribution < -0.4 is 4.90 Å². The van der Waals surface area contributed by atoms with E-state index in [1.54, 1.807) is 0 Å². The average molecular weight is 514 g/mol. The maximum absolute atomic E-state index is 2.39. The molecule has 0 aliphatic carbocycles. The smallest absolute Gasteiger partial charge is 0.210 e. The van der Waals surface area contributed by atoms with Crippen LogP contribution in [0.1, 0.15) is 61.1 Å². The molecule has 0 unspecified atom stereocenters. The van der Waals surface area contributed by atoms with Crippen LogP contribution >= 0.6 is 0 Å². The van der Waals surface area contributed by atoms with E-state index in [1.807, 2.05) is 0 Å². The lowest BCUT2D eigenvalue weighted by atomic mass is 9.78. The lowest BCUT2D eigenvalue weighted by Gasteiger charge is -2.24. The van der Waals surface area contributed by atoms with E-state index >= 15 is 0 Å². The van der Waals surface area contributed by atoms with Crippen LogP contribution in [0.2, 0.25) is 0 Å². The summed E-state index contributed by atoms with van der Waals surface area (Å²) in [6, 6.07) is 18.5. The standard InChI is InChI=1S/C37H41N2/c1-22-18-24(3)26-14-16-30-34(28(26)20-22)36(5,6)32(38(30)9)12-11-13-33-37(7,8)35-29-21-23(2)19-25(4)27(29)15-17-31(35)39(33)10/h11-21H,1-10H3/q+1. The fourth-order valence-corrected chi connectivity index (χ4v) is 7.68. The van der Waals surface area contributed by atoms with Crippen molar-refractivity contribution in [2.75, 3.05) is 19.0 Å². The third kappa shape index (κ3) is 3.57. The minimum atomic E-state index is -0.0931. The first-order valence-electron chi connectivity index (χ1n) is 14.2. The zero-order valence-corrected chi connectivity index (χ0v) is 25.2. The first-order valence-corrected chi connectivity index (χ1v) is 14.2. The third-order valence-corrected chi connectivity index (χ3v) is 9.41. The molecule has 0 spiro atoms. The van der Waals surface area contributed by atoms with Gasteiger partial charge in [-0.2, -0.15) is 4.58 Å². The molecule has 39 heavy (non-hydrogen) atoms. The number of allylic oxidation sites excluding steroid dienone is 4. The molecule has 0 N–H and O–H groups in total. The van der Waals surface area contributed by atoms with Gasteiger partial charge in [-0.05, 0) is 98.0 Å². The van der Waals surface area contributed by atoms with Gasteiger partial charge in [0.1, 0.15) is 7.05 Å². The molecule has 2 heterocycles. The topological polar surface area (TPSA) is 6.25 Å². The Bertz CT molecular complexity index is 1810. The number of nitrogens with zero attached hydrogens (tertiary/aromatic N) is 2. The third-order valence-electron chi connectivity index (χ3n) is 9.41. The van der Waals surface area contributed by atoms with E-state index in [0.29, 0.717) is 0 Å². The minimum Gasteiger partial charge on any atom is -0.347 e. The fraction of sp³-hybridized carbons (Fsp3) is 0.324. The molecular formula is C37H41N2+. The van der Waals surface area contributed by atoms with E-state index in [0.717, 1.165) is 0 Å². The van der Waals surface area contributed by atoms with Gasteiger partial charge in [0, 0.05) is 41.6 Å². The number of hydrogen-bond donors (Lipinski definition) is 0. The summed E-state index contributed by atoms with van der Waals surface area (Å²) in [5.41, 5.74) is 13.3. The van der Waals surface area contributed by atoms with E-state index in [4.69, 9.17) is 0 Å². The maximum Gasteiger partial charge on any atom is 0.210 e. The number of anilines is 1. The zero-order valence-electron chi connectivity index (χ0n) is 25.2. The summed E-state index contributed by atoms with van der Waals surface area (Å²) in [6.45, 7) is 18.4. The Hall–Kier alpha value is -3.65. The molecule has 4 aromatic rings. The molecule has 0 saturated carbocycles. The first-order chi connectivity index (χ1) is 18.3. The van der Waals surface area contributed by atoms with Crippen molar-refractivity contribution in [2.24, 2.45) is 0 Å². The number of aryl methyl sites for hydroxylation is 4. The number of hydrogen-bond acceptors (Lipinski definition) is 1. The van der Waals surface area contributed by atoms with Crippen molar-refractivity contribution in [2.45, 2.75) is 66.2 Å². The van der Waals surface area contributed by atoms with Crippen LogP contribution in [0.4, 0.5) is 11.4 Å². The second-order valence-corrected chi connectivity index (χ2v) is 12.9. The van der Waals surface area contributed by atoms with Gasteiger partial charge < -0.3 is 4.90 Å². The Morgan fingerprint density at radius 3 is 1.87 bits per heavy atom. The first kappa shape index (κ1) is 25.6. The second kappa shape index (κ2) is 8.42. The highest BCUT2D eigenvalue weighted by Gasteiger charge is 2.44. The Balaban J connectivity index is 1.43. The summed E-state index contributed by atoms with van der Waals surface area (Å²) in [4.78, 5) is 2.39. The van der Waals surface area contributed by atoms with Gasteiger partial charge in [0.2, 0.25) is 5.69 Å². The molecule has 0 atom stereocenters. The molecule has 6 rings (SSSR count). The number of benzene rings is 4. The van der Waals surface area contributed by atoms with Gasteiger partial charge in [0.25, 0.3) is 0 Å². The SMILES string of the molecule is Cc1cc(C)c2ccc3c(c2c1)C(C)(C)C(=CC=CC1=[N+](C)c2ccc4c(C)cc(C)cc4c2C1(C)C)N3C. The highest BCUT2D eigenvalue weighted by atomic mass is 15.2. The van der Waals surface area contributed by atoms with Crippen molar-refractivity contribution in [3.8, 4) is 0 Å². The fourth-order valence-electron chi connectivity index (χ4n) is 7.68. The predicted octanol–water partition coefficient (Wildman–Crippen LogP) is 9.10. The molecule has 0 fully saturated rings. The van der Waals surface area contributed by atoms with Crippen LogP contribution in [-0.4, -0.2) is 24.4 Å². The van der Waals surface area contributed by atoms with Crippen molar-refractivity contribution in [3.05, 3.63) is 106 Å². The lowest BCUT2D eigenvalue weighted by molar-refractivity contribution is -0.401. The molecule has 2 aliphatic rings. The van der Waals surface area contributed by atoms with Gasteiger partial charge in [0.15, 0.2) is 5.71 Å². The van der Waals surface area contributed by atoms with Crippen LogP contribution in [0.15, 0.2) is 72.5 Å². The Kier molecular flexibility index (Phi) is 5.53. The highest BCUT2D eigenvalue weighted by molar-refractivity contribution is 6.08. The van der Waals surface area contributed by atoms with E-state index in [9.17, 15) is 0 Å². The Morgan fingerprint density at radius 2 is 1.26 bits per heavy atom. The monoisotopic (exact) mass is 513 g/mol. The Morgan fingerprint density at radius 1 is 0.692 bits per heavy atom. The second-order valence-electron chi connectivity index (χ2n) is 12.9. The van der Waals surface area contributed by atoms with Crippen LogP contribution in [0, 0.1) is 27.7 Å². The largest absolute Gasteiger partial charge is 0.347 e. The van der Waals surface area contributed by atoms with Gasteiger partial charge in [-0.1, -0.05) is 61.4 Å². The summed E-state index contributed by atoms with van der Waals surface area (Å²) in [6.07, 6.45) is 6.94. The number of rotatable bonds is 2. The molecule has 2 heteroatoms. The quantitative estimate of drug-likeness (QED) is 0.242. The van der Waals surface area contributed by atoms with Gasteiger partial charge in [-0.3, -0.25) is 0 Å². The molecule has 4 aromatic carbocycles. The van der Waals surface area contributed by atoms with Crippen molar-refractivity contribution in [3.63, 3.8) is 0 Å². The van der Waals surface area contributed by atoms with Crippen LogP contribution in [0.5, 0.6) is 0 Å². The molecule has 2 nitrogen and oxygen atoms in total. The van der Waals surface area contributed by atoms with E-state index in [2.05, 4.69) is 146 Å². The van der Waals surface area contributed by atoms with Crippen LogP contribution in [0.3, 0.4) is 0 Å². The number of fused-ring (bicyclic) bond motifs is 6. The average Bonchev–Trinajstić information content (AvgIpc) is 3.17. The van der Waals surface area contributed by atoms with E-state index in [-0.39, 0.29) is 10.8 Å². The maximum atomic E-state index is 2.39. The normalized spacial score (nSPS) is 18.7. The molecule has 0 radical (unpaired) electrons. The minimum absolute atomic E-state index is 0.0931. The van der Waals surface area contributed by atoms with Crippen LogP contribution in [0.25, 0.3) is 21.5 Å². The molecule has 0 bridgehead atoms. The van der Waals surface area contributed by atoms with Gasteiger partial charge in [-0.25, -0.2) is 0 Å². The summed E-state index contributed by atoms with van der Waals surface area (Å²) >= 11 is 0. The van der Waals surface area contributed by atoms with Gasteiger partial charge in [-0.15, -0.1) is 0 Å². The van der Waals surface area contributed by atoms with Crippen molar-refractivity contribution >= 4 is 38.6 Å². The molecular weight excluding hydrogens is 472 g/mol. The molecule has 0 saturated heterocycles. The molecule has 0 aromatic heterocycles. The molecule has 198 valence electrons. The van der Waals surface area contributed by atoms with Crippen molar-refractivity contribution in [1.82, 2.24) is 0 Å². The zero-order chi connectivity index (χ0) is 28.0. The van der Waals surface area contributed by atoms with E-state index < -0.39 is 0 Å². The van der Waals surface area contributed by atoms with Gasteiger partial charge >= 0.3 is 0 Å². The lowest BCUT2D eigenvalue weighted by Crippen LogP contribution is -2.27. The van der Waals surface area contributed by atoms with Crippen LogP contribution in [-0.2, 0) is 10.8 Å². The summed E-state index contributed by atoms with van der Waals surface area (Å²) in [5.74, 6) is 0. The summed E-state index contributed by atoms with van der Waals surface area (Å²) in [5, 5.41) is 5.48. The molecule has 0 amide bonds. The van der Waals surface area contributed by atoms with E-state index in [1.165, 1.54) is 77.7 Å². The summed E-state index contributed by atoms with van der Waals surface area (Å²) in [7, 11) is 4.43. The Labute approximate surface area is 234 Å². The van der Waals surface area contributed by atoms with Gasteiger partial charge in [0.05, 0.1) is 5.41 Å². The number of likely N-dealkylation sites (N-methyl/N-ethyl adjacent to an activating group) is 1. The van der Waals surface area contributed by atoms with Crippen molar-refractivity contribution < 1.29 is 4.58 Å².